The maximum absolute atomic E-state index is 12.6. The van der Waals surface area contributed by atoms with E-state index in [1.807, 2.05) is 0 Å². The standard InChI is InChI=1S/C16H23F3N2O/c1-11-7-8-15(22,9-14(11,2)3)10-20-13-6-4-5-12(21-13)16(17,18)19/h4-6,11,22H,7-10H2,1-3H3,(H,20,21). The van der Waals surface area contributed by atoms with Gasteiger partial charge in [0.05, 0.1) is 5.60 Å². The number of hydrogen-bond donors (Lipinski definition) is 2. The molecule has 0 amide bonds. The van der Waals surface area contributed by atoms with Gasteiger partial charge in [0, 0.05) is 6.54 Å². The molecule has 0 aromatic carbocycles. The van der Waals surface area contributed by atoms with Crippen LogP contribution in [0.4, 0.5) is 19.0 Å². The molecular formula is C16H23F3N2O. The van der Waals surface area contributed by atoms with Crippen molar-refractivity contribution in [3.05, 3.63) is 23.9 Å². The zero-order valence-corrected chi connectivity index (χ0v) is 13.2. The summed E-state index contributed by atoms with van der Waals surface area (Å²) in [7, 11) is 0. The van der Waals surface area contributed by atoms with Crippen LogP contribution in [-0.4, -0.2) is 22.2 Å². The minimum atomic E-state index is -4.46. The van der Waals surface area contributed by atoms with Crippen molar-refractivity contribution in [2.24, 2.45) is 11.3 Å². The highest BCUT2D eigenvalue weighted by atomic mass is 19.4. The Morgan fingerprint density at radius 3 is 2.64 bits per heavy atom. The van der Waals surface area contributed by atoms with E-state index in [2.05, 4.69) is 31.1 Å². The second-order valence-corrected chi connectivity index (χ2v) is 7.09. The van der Waals surface area contributed by atoms with Gasteiger partial charge in [-0.3, -0.25) is 0 Å². The Hall–Kier alpha value is -1.30. The first-order valence-corrected chi connectivity index (χ1v) is 7.52. The van der Waals surface area contributed by atoms with Gasteiger partial charge in [0.25, 0.3) is 0 Å². The van der Waals surface area contributed by atoms with Crippen LogP contribution in [0.2, 0.25) is 0 Å². The van der Waals surface area contributed by atoms with E-state index >= 15 is 0 Å². The molecule has 1 aliphatic carbocycles. The van der Waals surface area contributed by atoms with Gasteiger partial charge in [-0.1, -0.05) is 26.8 Å². The maximum Gasteiger partial charge on any atom is 0.433 e. The second kappa shape index (κ2) is 5.72. The highest BCUT2D eigenvalue weighted by molar-refractivity contribution is 5.36. The van der Waals surface area contributed by atoms with Crippen molar-refractivity contribution < 1.29 is 18.3 Å². The monoisotopic (exact) mass is 316 g/mol. The van der Waals surface area contributed by atoms with Crippen LogP contribution in [0.3, 0.4) is 0 Å². The molecule has 0 bridgehead atoms. The molecule has 1 heterocycles. The first-order valence-electron chi connectivity index (χ1n) is 7.52. The second-order valence-electron chi connectivity index (χ2n) is 7.09. The van der Waals surface area contributed by atoms with E-state index in [1.54, 1.807) is 0 Å². The number of nitrogens with zero attached hydrogens (tertiary/aromatic N) is 1. The third-order valence-corrected chi connectivity index (χ3v) is 4.80. The lowest BCUT2D eigenvalue weighted by Crippen LogP contribution is -2.47. The lowest BCUT2D eigenvalue weighted by molar-refractivity contribution is -0.141. The smallest absolute Gasteiger partial charge is 0.388 e. The van der Waals surface area contributed by atoms with E-state index in [-0.39, 0.29) is 17.8 Å². The van der Waals surface area contributed by atoms with Crippen molar-refractivity contribution in [1.29, 1.82) is 0 Å². The predicted octanol–water partition coefficient (Wildman–Crippen LogP) is 4.09. The Bertz CT molecular complexity index is 530. The van der Waals surface area contributed by atoms with Gasteiger partial charge in [0.1, 0.15) is 11.5 Å². The zero-order valence-electron chi connectivity index (χ0n) is 13.2. The number of aromatic nitrogens is 1. The van der Waals surface area contributed by atoms with Crippen LogP contribution in [0.5, 0.6) is 0 Å². The van der Waals surface area contributed by atoms with Crippen LogP contribution < -0.4 is 5.32 Å². The molecule has 0 saturated heterocycles. The van der Waals surface area contributed by atoms with Crippen LogP contribution in [0.25, 0.3) is 0 Å². The fourth-order valence-electron chi connectivity index (χ4n) is 3.08. The Balaban J connectivity index is 2.04. The number of anilines is 1. The molecule has 3 nitrogen and oxygen atoms in total. The molecule has 2 unspecified atom stereocenters. The molecule has 22 heavy (non-hydrogen) atoms. The molecule has 6 heteroatoms. The Labute approximate surface area is 129 Å². The summed E-state index contributed by atoms with van der Waals surface area (Å²) in [5.41, 5.74) is -1.83. The van der Waals surface area contributed by atoms with Gasteiger partial charge in [0.15, 0.2) is 0 Å². The fraction of sp³-hybridized carbons (Fsp3) is 0.688. The van der Waals surface area contributed by atoms with E-state index in [0.717, 1.165) is 12.5 Å². The van der Waals surface area contributed by atoms with Gasteiger partial charge >= 0.3 is 6.18 Å². The molecule has 2 N–H and O–H groups in total. The highest BCUT2D eigenvalue weighted by Crippen LogP contribution is 2.45. The third kappa shape index (κ3) is 3.91. The Morgan fingerprint density at radius 1 is 1.36 bits per heavy atom. The zero-order chi connectivity index (χ0) is 16.6. The number of alkyl halides is 3. The lowest BCUT2D eigenvalue weighted by atomic mass is 9.64. The van der Waals surface area contributed by atoms with Crippen molar-refractivity contribution in [2.75, 3.05) is 11.9 Å². The van der Waals surface area contributed by atoms with Gasteiger partial charge in [-0.25, -0.2) is 4.98 Å². The number of rotatable bonds is 3. The summed E-state index contributed by atoms with van der Waals surface area (Å²) in [5, 5.41) is 13.6. The average molecular weight is 316 g/mol. The van der Waals surface area contributed by atoms with E-state index < -0.39 is 17.5 Å². The van der Waals surface area contributed by atoms with Crippen LogP contribution in [0.15, 0.2) is 18.2 Å². The molecule has 1 aromatic heterocycles. The summed E-state index contributed by atoms with van der Waals surface area (Å²) in [6.45, 7) is 6.60. The van der Waals surface area contributed by atoms with Crippen molar-refractivity contribution in [1.82, 2.24) is 4.98 Å². The summed E-state index contributed by atoms with van der Waals surface area (Å²) >= 11 is 0. The Kier molecular flexibility index (Phi) is 4.44. The van der Waals surface area contributed by atoms with E-state index in [1.165, 1.54) is 12.1 Å². The molecule has 0 spiro atoms. The third-order valence-electron chi connectivity index (χ3n) is 4.80. The SMILES string of the molecule is CC1CCC(O)(CNc2cccc(C(F)(F)F)n2)CC1(C)C. The minimum absolute atomic E-state index is 0.00985. The number of aliphatic hydroxyl groups is 1. The fourth-order valence-corrected chi connectivity index (χ4v) is 3.08. The van der Waals surface area contributed by atoms with E-state index in [9.17, 15) is 18.3 Å². The van der Waals surface area contributed by atoms with Gasteiger partial charge < -0.3 is 10.4 Å². The molecule has 0 aliphatic heterocycles. The van der Waals surface area contributed by atoms with E-state index in [4.69, 9.17) is 0 Å². The highest BCUT2D eigenvalue weighted by Gasteiger charge is 2.42. The first-order chi connectivity index (χ1) is 10.0. The van der Waals surface area contributed by atoms with E-state index in [0.29, 0.717) is 18.8 Å². The number of nitrogens with one attached hydrogen (secondary N) is 1. The molecule has 2 atom stereocenters. The molecule has 124 valence electrons. The molecule has 0 radical (unpaired) electrons. The molecule has 1 aliphatic rings. The van der Waals surface area contributed by atoms with Gasteiger partial charge in [-0.15, -0.1) is 0 Å². The van der Waals surface area contributed by atoms with Crippen LogP contribution in [0, 0.1) is 11.3 Å². The minimum Gasteiger partial charge on any atom is -0.388 e. The number of halogens is 3. The van der Waals surface area contributed by atoms with Gasteiger partial charge in [0.2, 0.25) is 0 Å². The summed E-state index contributed by atoms with van der Waals surface area (Å²) in [6, 6.07) is 3.73. The largest absolute Gasteiger partial charge is 0.433 e. The quantitative estimate of drug-likeness (QED) is 0.883. The number of pyridine rings is 1. The number of hydrogen-bond acceptors (Lipinski definition) is 3. The Morgan fingerprint density at radius 2 is 2.05 bits per heavy atom. The van der Waals surface area contributed by atoms with Crippen molar-refractivity contribution >= 4 is 5.82 Å². The normalized spacial score (nSPS) is 28.4. The van der Waals surface area contributed by atoms with Crippen molar-refractivity contribution in [3.8, 4) is 0 Å². The average Bonchev–Trinajstić information content (AvgIpc) is 2.40. The summed E-state index contributed by atoms with van der Waals surface area (Å²) in [6.07, 6.45) is -2.30. The molecule has 1 aromatic rings. The van der Waals surface area contributed by atoms with Crippen LogP contribution in [0.1, 0.15) is 45.7 Å². The molecular weight excluding hydrogens is 293 g/mol. The summed E-state index contributed by atoms with van der Waals surface area (Å²) in [5.74, 6) is 0.652. The summed E-state index contributed by atoms with van der Waals surface area (Å²) < 4.78 is 37.9. The first kappa shape index (κ1) is 17.1. The molecule has 1 fully saturated rings. The summed E-state index contributed by atoms with van der Waals surface area (Å²) in [4.78, 5) is 3.56. The van der Waals surface area contributed by atoms with Gasteiger partial charge in [-0.2, -0.15) is 13.2 Å². The molecule has 1 saturated carbocycles. The van der Waals surface area contributed by atoms with Crippen LogP contribution in [-0.2, 0) is 6.18 Å². The molecule has 2 rings (SSSR count). The predicted molar refractivity (Wildman–Crippen MR) is 79.5 cm³/mol. The maximum atomic E-state index is 12.6. The topological polar surface area (TPSA) is 45.1 Å². The van der Waals surface area contributed by atoms with Crippen molar-refractivity contribution in [2.45, 2.75) is 51.8 Å². The van der Waals surface area contributed by atoms with Gasteiger partial charge in [-0.05, 0) is 42.7 Å². The van der Waals surface area contributed by atoms with Crippen molar-refractivity contribution in [3.63, 3.8) is 0 Å². The van der Waals surface area contributed by atoms with Crippen LogP contribution >= 0.6 is 0 Å². The lowest BCUT2D eigenvalue weighted by Gasteiger charge is -2.45.